The summed E-state index contributed by atoms with van der Waals surface area (Å²) in [5.74, 6) is 0. The van der Waals surface area contributed by atoms with Gasteiger partial charge in [0.25, 0.3) is 0 Å². The predicted molar refractivity (Wildman–Crippen MR) is 67.1 cm³/mol. The zero-order valence-corrected chi connectivity index (χ0v) is 11.4. The number of nitrogens with zero attached hydrogens (tertiary/aromatic N) is 1. The lowest BCUT2D eigenvalue weighted by atomic mass is 10.2. The fraction of sp³-hybridized carbons (Fsp3) is 1.00. The van der Waals surface area contributed by atoms with Crippen molar-refractivity contribution in [2.75, 3.05) is 33.3 Å². The van der Waals surface area contributed by atoms with Gasteiger partial charge < -0.3 is 15.0 Å². The Bertz CT molecular complexity index is 135. The van der Waals surface area contributed by atoms with E-state index in [-0.39, 0.29) is 2.12 Å². The molecule has 0 saturated carbocycles. The molecule has 0 radical (unpaired) electrons. The van der Waals surface area contributed by atoms with Gasteiger partial charge >= 0.3 is 0 Å². The largest absolute Gasteiger partial charge is 0.356 e. The maximum atomic E-state index is 5.51. The van der Waals surface area contributed by atoms with Gasteiger partial charge in [0.1, 0.15) is 0 Å². The lowest BCUT2D eigenvalue weighted by molar-refractivity contribution is 0.117. The molecule has 0 bridgehead atoms. The monoisotopic (exact) mass is 396 g/mol. The summed E-state index contributed by atoms with van der Waals surface area (Å²) in [4.78, 5) is 2.33. The Morgan fingerprint density at radius 3 is 3.00 bits per heavy atom. The average Bonchev–Trinajstić information content (AvgIpc) is 2.01. The van der Waals surface area contributed by atoms with E-state index in [1.54, 1.807) is 0 Å². The Morgan fingerprint density at radius 2 is 2.42 bits per heavy atom. The molecular formula is C7H14I2N2O. The van der Waals surface area contributed by atoms with Crippen LogP contribution in [0, 0.1) is 0 Å². The first-order valence-corrected chi connectivity index (χ1v) is 6.49. The smallest absolute Gasteiger partial charge is 0.159 e. The number of nitrogens with one attached hydrogen (secondary N) is 1. The molecule has 3 nitrogen and oxygen atoms in total. The van der Waals surface area contributed by atoms with Crippen LogP contribution >= 0.6 is 45.2 Å². The summed E-state index contributed by atoms with van der Waals surface area (Å²) in [6.07, 6.45) is 0. The standard InChI is InChI=1S/C7H14I2N2O/c1-11-3-2-10-6(4-11)5-12-7(8)9/h6-7,10H,2-5H2,1H3/t6-/m0/s1. The van der Waals surface area contributed by atoms with Gasteiger partial charge in [-0.15, -0.1) is 0 Å². The van der Waals surface area contributed by atoms with Crippen LogP contribution in [0.1, 0.15) is 0 Å². The van der Waals surface area contributed by atoms with E-state index in [1.165, 1.54) is 0 Å². The molecule has 0 unspecified atom stereocenters. The van der Waals surface area contributed by atoms with E-state index in [0.717, 1.165) is 26.2 Å². The van der Waals surface area contributed by atoms with Crippen molar-refractivity contribution < 1.29 is 4.74 Å². The minimum atomic E-state index is 0.286. The summed E-state index contributed by atoms with van der Waals surface area (Å²) < 4.78 is 5.80. The molecule has 1 atom stereocenters. The zero-order valence-electron chi connectivity index (χ0n) is 7.09. The fourth-order valence-corrected chi connectivity index (χ4v) is 1.71. The number of rotatable bonds is 3. The summed E-state index contributed by atoms with van der Waals surface area (Å²) >= 11 is 4.53. The molecule has 0 amide bonds. The Hall–Kier alpha value is 1.34. The summed E-state index contributed by atoms with van der Waals surface area (Å²) in [7, 11) is 2.15. The lowest BCUT2D eigenvalue weighted by Gasteiger charge is -2.30. The van der Waals surface area contributed by atoms with E-state index in [9.17, 15) is 0 Å². The van der Waals surface area contributed by atoms with Crippen LogP contribution in [0.2, 0.25) is 0 Å². The molecule has 12 heavy (non-hydrogen) atoms. The quantitative estimate of drug-likeness (QED) is 0.571. The minimum absolute atomic E-state index is 0.286. The highest BCUT2D eigenvalue weighted by atomic mass is 127. The topological polar surface area (TPSA) is 24.5 Å². The highest BCUT2D eigenvalue weighted by Crippen LogP contribution is 2.11. The van der Waals surface area contributed by atoms with Gasteiger partial charge in [-0.3, -0.25) is 0 Å². The Labute approximate surface area is 101 Å². The van der Waals surface area contributed by atoms with Crippen molar-refractivity contribution in [1.29, 1.82) is 0 Å². The number of halogens is 2. The first kappa shape index (κ1) is 11.4. The molecule has 72 valence electrons. The van der Waals surface area contributed by atoms with Gasteiger partial charge in [-0.2, -0.15) is 0 Å². The molecule has 0 aromatic heterocycles. The minimum Gasteiger partial charge on any atom is -0.356 e. The van der Waals surface area contributed by atoms with Crippen molar-refractivity contribution in [1.82, 2.24) is 10.2 Å². The van der Waals surface area contributed by atoms with E-state index in [0.29, 0.717) is 6.04 Å². The molecule has 1 rings (SSSR count). The number of alkyl halides is 2. The molecule has 1 saturated heterocycles. The van der Waals surface area contributed by atoms with Crippen LogP contribution in [0.15, 0.2) is 0 Å². The second kappa shape index (κ2) is 5.94. The van der Waals surface area contributed by atoms with Gasteiger partial charge in [-0.1, -0.05) is 0 Å². The summed E-state index contributed by atoms with van der Waals surface area (Å²) in [5, 5.41) is 3.43. The van der Waals surface area contributed by atoms with Crippen molar-refractivity contribution in [3.63, 3.8) is 0 Å². The summed E-state index contributed by atoms with van der Waals surface area (Å²) in [6.45, 7) is 4.15. The number of likely N-dealkylation sites (N-methyl/N-ethyl adjacent to an activating group) is 1. The third-order valence-corrected chi connectivity index (χ3v) is 2.60. The van der Waals surface area contributed by atoms with E-state index in [2.05, 4.69) is 62.4 Å². The molecule has 5 heteroatoms. The van der Waals surface area contributed by atoms with Crippen LogP contribution in [-0.4, -0.2) is 46.3 Å². The molecule has 1 fully saturated rings. The SMILES string of the molecule is CN1CCN[C@H](COC(I)I)C1. The third kappa shape index (κ3) is 4.54. The Kier molecular flexibility index (Phi) is 5.65. The van der Waals surface area contributed by atoms with Crippen LogP contribution in [-0.2, 0) is 4.74 Å². The first-order valence-electron chi connectivity index (χ1n) is 4.00. The highest BCUT2D eigenvalue weighted by Gasteiger charge is 2.16. The molecule has 1 N–H and O–H groups in total. The van der Waals surface area contributed by atoms with Gasteiger partial charge in [0.15, 0.2) is 2.12 Å². The van der Waals surface area contributed by atoms with Crippen LogP contribution in [0.25, 0.3) is 0 Å². The molecule has 0 spiro atoms. The van der Waals surface area contributed by atoms with Gasteiger partial charge in [-0.25, -0.2) is 0 Å². The van der Waals surface area contributed by atoms with Gasteiger partial charge in [0, 0.05) is 25.7 Å². The normalized spacial score (nSPS) is 26.5. The van der Waals surface area contributed by atoms with Crippen molar-refractivity contribution in [2.45, 2.75) is 8.16 Å². The van der Waals surface area contributed by atoms with Crippen molar-refractivity contribution >= 4 is 45.2 Å². The van der Waals surface area contributed by atoms with Crippen LogP contribution < -0.4 is 5.32 Å². The second-order valence-electron chi connectivity index (χ2n) is 3.01. The van der Waals surface area contributed by atoms with Gasteiger partial charge in [0.2, 0.25) is 0 Å². The molecule has 0 aromatic carbocycles. The maximum absolute atomic E-state index is 5.51. The Morgan fingerprint density at radius 1 is 1.67 bits per heavy atom. The third-order valence-electron chi connectivity index (χ3n) is 1.88. The van der Waals surface area contributed by atoms with Gasteiger partial charge in [0.05, 0.1) is 6.61 Å². The summed E-state index contributed by atoms with van der Waals surface area (Å²) in [5.41, 5.74) is 0. The number of piperazine rings is 1. The number of hydrogen-bond acceptors (Lipinski definition) is 3. The molecule has 0 aromatic rings. The van der Waals surface area contributed by atoms with E-state index >= 15 is 0 Å². The molecule has 1 heterocycles. The Balaban J connectivity index is 2.14. The molecular weight excluding hydrogens is 382 g/mol. The average molecular weight is 396 g/mol. The number of hydrogen-bond donors (Lipinski definition) is 1. The highest BCUT2D eigenvalue weighted by molar-refractivity contribution is 14.2. The molecule has 1 aliphatic rings. The number of ether oxygens (including phenoxy) is 1. The van der Waals surface area contributed by atoms with Crippen LogP contribution in [0.4, 0.5) is 0 Å². The summed E-state index contributed by atoms with van der Waals surface area (Å²) in [6, 6.07) is 0.510. The molecule has 1 aliphatic heterocycles. The lowest BCUT2D eigenvalue weighted by Crippen LogP contribution is -2.51. The maximum Gasteiger partial charge on any atom is 0.159 e. The van der Waals surface area contributed by atoms with Crippen molar-refractivity contribution in [3.8, 4) is 0 Å². The van der Waals surface area contributed by atoms with Gasteiger partial charge in [-0.05, 0) is 52.2 Å². The van der Waals surface area contributed by atoms with E-state index in [4.69, 9.17) is 4.74 Å². The van der Waals surface area contributed by atoms with Crippen LogP contribution in [0.5, 0.6) is 0 Å². The van der Waals surface area contributed by atoms with Crippen molar-refractivity contribution in [3.05, 3.63) is 0 Å². The first-order chi connectivity index (χ1) is 5.68. The zero-order chi connectivity index (χ0) is 8.97. The van der Waals surface area contributed by atoms with E-state index in [1.807, 2.05) is 0 Å². The van der Waals surface area contributed by atoms with E-state index < -0.39 is 0 Å². The van der Waals surface area contributed by atoms with Crippen molar-refractivity contribution in [2.24, 2.45) is 0 Å². The molecule has 0 aliphatic carbocycles. The fourth-order valence-electron chi connectivity index (χ4n) is 1.29. The predicted octanol–water partition coefficient (Wildman–Crippen LogP) is 1.06. The van der Waals surface area contributed by atoms with Crippen LogP contribution in [0.3, 0.4) is 0 Å². The second-order valence-corrected chi connectivity index (χ2v) is 7.65.